The predicted octanol–water partition coefficient (Wildman–Crippen LogP) is 3.34. The molecule has 0 bridgehead atoms. The van der Waals surface area contributed by atoms with Gasteiger partial charge in [-0.2, -0.15) is 0 Å². The lowest BCUT2D eigenvalue weighted by atomic mass is 9.93. The van der Waals surface area contributed by atoms with Crippen molar-refractivity contribution in [2.45, 2.75) is 49.6 Å². The van der Waals surface area contributed by atoms with Crippen LogP contribution >= 0.6 is 11.8 Å². The molecule has 1 saturated heterocycles. The van der Waals surface area contributed by atoms with Gasteiger partial charge in [0.25, 0.3) is 0 Å². The SMILES string of the molecule is CCC1CN(CC2CSc3ccccc32)C(C)(C)CN1. The van der Waals surface area contributed by atoms with Gasteiger partial charge < -0.3 is 5.32 Å². The molecule has 0 spiro atoms. The van der Waals surface area contributed by atoms with Gasteiger partial charge in [-0.25, -0.2) is 0 Å². The van der Waals surface area contributed by atoms with E-state index >= 15 is 0 Å². The summed E-state index contributed by atoms with van der Waals surface area (Å²) in [7, 11) is 0. The molecule has 2 aliphatic heterocycles. The lowest BCUT2D eigenvalue weighted by Gasteiger charge is -2.47. The van der Waals surface area contributed by atoms with Crippen LogP contribution in [0.1, 0.15) is 38.7 Å². The minimum absolute atomic E-state index is 0.272. The molecule has 1 fully saturated rings. The zero-order valence-corrected chi connectivity index (χ0v) is 13.7. The molecule has 3 rings (SSSR count). The zero-order chi connectivity index (χ0) is 14.2. The van der Waals surface area contributed by atoms with Crippen molar-refractivity contribution in [3.8, 4) is 0 Å². The summed E-state index contributed by atoms with van der Waals surface area (Å²) in [5.41, 5.74) is 1.84. The molecule has 20 heavy (non-hydrogen) atoms. The maximum absolute atomic E-state index is 3.69. The second kappa shape index (κ2) is 5.70. The molecule has 1 aromatic rings. The molecular formula is C17H26N2S. The first-order valence-electron chi connectivity index (χ1n) is 7.80. The predicted molar refractivity (Wildman–Crippen MR) is 87.6 cm³/mol. The Labute approximate surface area is 127 Å². The highest BCUT2D eigenvalue weighted by molar-refractivity contribution is 7.99. The van der Waals surface area contributed by atoms with E-state index in [-0.39, 0.29) is 5.54 Å². The minimum atomic E-state index is 0.272. The summed E-state index contributed by atoms with van der Waals surface area (Å²) in [5, 5.41) is 3.69. The van der Waals surface area contributed by atoms with Crippen molar-refractivity contribution in [1.29, 1.82) is 0 Å². The standard InChI is InChI=1S/C17H26N2S/c1-4-14-10-19(17(2,3)12-18-14)9-13-11-20-16-8-6-5-7-15(13)16/h5-8,13-14,18H,4,9-12H2,1-3H3. The van der Waals surface area contributed by atoms with E-state index in [0.717, 1.165) is 6.54 Å². The van der Waals surface area contributed by atoms with Crippen LogP contribution in [-0.4, -0.2) is 41.9 Å². The fourth-order valence-electron chi connectivity index (χ4n) is 3.33. The van der Waals surface area contributed by atoms with Crippen molar-refractivity contribution in [2.24, 2.45) is 0 Å². The van der Waals surface area contributed by atoms with E-state index in [2.05, 4.69) is 55.3 Å². The third kappa shape index (κ3) is 2.76. The monoisotopic (exact) mass is 290 g/mol. The van der Waals surface area contributed by atoms with Gasteiger partial charge in [0.2, 0.25) is 0 Å². The Morgan fingerprint density at radius 1 is 1.35 bits per heavy atom. The van der Waals surface area contributed by atoms with E-state index in [1.54, 1.807) is 5.56 Å². The number of thioether (sulfide) groups is 1. The van der Waals surface area contributed by atoms with Crippen LogP contribution in [-0.2, 0) is 0 Å². The molecule has 0 saturated carbocycles. The second-order valence-electron chi connectivity index (χ2n) is 6.75. The average Bonchev–Trinajstić information content (AvgIpc) is 2.85. The Bertz CT molecular complexity index is 472. The number of nitrogens with one attached hydrogen (secondary N) is 1. The van der Waals surface area contributed by atoms with Crippen LogP contribution in [0.4, 0.5) is 0 Å². The van der Waals surface area contributed by atoms with Gasteiger partial charge >= 0.3 is 0 Å². The largest absolute Gasteiger partial charge is 0.311 e. The number of piperazine rings is 1. The molecule has 0 radical (unpaired) electrons. The molecular weight excluding hydrogens is 264 g/mol. The normalized spacial score (nSPS) is 29.4. The van der Waals surface area contributed by atoms with Gasteiger partial charge in [0.05, 0.1) is 0 Å². The number of hydrogen-bond acceptors (Lipinski definition) is 3. The zero-order valence-electron chi connectivity index (χ0n) is 12.9. The van der Waals surface area contributed by atoms with Crippen LogP contribution in [0.5, 0.6) is 0 Å². The van der Waals surface area contributed by atoms with Gasteiger partial charge in [0.15, 0.2) is 0 Å². The van der Waals surface area contributed by atoms with Crippen LogP contribution in [0.25, 0.3) is 0 Å². The van der Waals surface area contributed by atoms with Gasteiger partial charge in [0, 0.05) is 47.8 Å². The van der Waals surface area contributed by atoms with Crippen molar-refractivity contribution in [3.05, 3.63) is 29.8 Å². The second-order valence-corrected chi connectivity index (χ2v) is 7.81. The summed E-state index contributed by atoms with van der Waals surface area (Å²) in [6.45, 7) is 10.5. The average molecular weight is 290 g/mol. The summed E-state index contributed by atoms with van der Waals surface area (Å²) in [6, 6.07) is 9.61. The quantitative estimate of drug-likeness (QED) is 0.919. The first kappa shape index (κ1) is 14.4. The Morgan fingerprint density at radius 2 is 2.15 bits per heavy atom. The maximum Gasteiger partial charge on any atom is 0.0278 e. The molecule has 2 heterocycles. The highest BCUT2D eigenvalue weighted by Crippen LogP contribution is 2.40. The van der Waals surface area contributed by atoms with Gasteiger partial charge in [-0.1, -0.05) is 25.1 Å². The summed E-state index contributed by atoms with van der Waals surface area (Å²) in [6.07, 6.45) is 1.22. The molecule has 110 valence electrons. The van der Waals surface area contributed by atoms with Gasteiger partial charge in [0.1, 0.15) is 0 Å². The molecule has 2 aliphatic rings. The van der Waals surface area contributed by atoms with Gasteiger partial charge in [-0.3, -0.25) is 4.90 Å². The molecule has 0 aromatic heterocycles. The summed E-state index contributed by atoms with van der Waals surface area (Å²) in [4.78, 5) is 4.21. The highest BCUT2D eigenvalue weighted by Gasteiger charge is 2.36. The fraction of sp³-hybridized carbons (Fsp3) is 0.647. The Balaban J connectivity index is 1.73. The van der Waals surface area contributed by atoms with E-state index in [1.807, 2.05) is 11.8 Å². The Morgan fingerprint density at radius 3 is 2.95 bits per heavy atom. The van der Waals surface area contributed by atoms with Crippen molar-refractivity contribution in [3.63, 3.8) is 0 Å². The van der Waals surface area contributed by atoms with Crippen molar-refractivity contribution in [1.82, 2.24) is 10.2 Å². The number of nitrogens with zero attached hydrogens (tertiary/aromatic N) is 1. The van der Waals surface area contributed by atoms with E-state index in [1.165, 1.54) is 30.2 Å². The summed E-state index contributed by atoms with van der Waals surface area (Å²) < 4.78 is 0. The summed E-state index contributed by atoms with van der Waals surface area (Å²) >= 11 is 2.03. The third-order valence-electron chi connectivity index (χ3n) is 4.85. The third-order valence-corrected chi connectivity index (χ3v) is 6.10. The number of fused-ring (bicyclic) bond motifs is 1. The summed E-state index contributed by atoms with van der Waals surface area (Å²) in [5.74, 6) is 1.95. The molecule has 1 N–H and O–H groups in total. The van der Waals surface area contributed by atoms with Crippen LogP contribution in [0.15, 0.2) is 29.2 Å². The number of rotatable bonds is 3. The van der Waals surface area contributed by atoms with Crippen molar-refractivity contribution < 1.29 is 0 Å². The Hall–Kier alpha value is -0.510. The fourth-order valence-corrected chi connectivity index (χ4v) is 4.57. The first-order chi connectivity index (χ1) is 9.60. The van der Waals surface area contributed by atoms with Crippen LogP contribution in [0.2, 0.25) is 0 Å². The lowest BCUT2D eigenvalue weighted by Crippen LogP contribution is -2.62. The molecule has 2 unspecified atom stereocenters. The maximum atomic E-state index is 3.69. The first-order valence-corrected chi connectivity index (χ1v) is 8.79. The number of hydrogen-bond donors (Lipinski definition) is 1. The van der Waals surface area contributed by atoms with Crippen molar-refractivity contribution in [2.75, 3.05) is 25.4 Å². The molecule has 0 amide bonds. The molecule has 3 heteroatoms. The van der Waals surface area contributed by atoms with Gasteiger partial charge in [-0.05, 0) is 31.9 Å². The van der Waals surface area contributed by atoms with E-state index in [0.29, 0.717) is 12.0 Å². The smallest absolute Gasteiger partial charge is 0.0278 e. The van der Waals surface area contributed by atoms with E-state index < -0.39 is 0 Å². The molecule has 0 aliphatic carbocycles. The van der Waals surface area contributed by atoms with Crippen LogP contribution in [0.3, 0.4) is 0 Å². The lowest BCUT2D eigenvalue weighted by molar-refractivity contribution is 0.0609. The molecule has 1 aromatic carbocycles. The molecule has 2 atom stereocenters. The number of benzene rings is 1. The topological polar surface area (TPSA) is 15.3 Å². The van der Waals surface area contributed by atoms with Crippen LogP contribution < -0.4 is 5.32 Å². The van der Waals surface area contributed by atoms with Gasteiger partial charge in [-0.15, -0.1) is 11.8 Å². The Kier molecular flexibility index (Phi) is 4.11. The van der Waals surface area contributed by atoms with E-state index in [4.69, 9.17) is 0 Å². The highest BCUT2D eigenvalue weighted by atomic mass is 32.2. The van der Waals surface area contributed by atoms with Crippen molar-refractivity contribution >= 4 is 11.8 Å². The molecule has 2 nitrogen and oxygen atoms in total. The van der Waals surface area contributed by atoms with Crippen LogP contribution in [0, 0.1) is 0 Å². The van der Waals surface area contributed by atoms with E-state index in [9.17, 15) is 0 Å². The minimum Gasteiger partial charge on any atom is -0.311 e.